The quantitative estimate of drug-likeness (QED) is 0.0513. The van der Waals surface area contributed by atoms with Gasteiger partial charge in [-0.1, -0.05) is 114 Å². The molecule has 0 aliphatic carbocycles. The lowest BCUT2D eigenvalue weighted by molar-refractivity contribution is -0.161. The zero-order valence-corrected chi connectivity index (χ0v) is 27.2. The summed E-state index contributed by atoms with van der Waals surface area (Å²) in [5.74, 6) is -0.651. The molecule has 0 rings (SSSR count). The first kappa shape index (κ1) is 39.9. The monoisotopic (exact) mass is 588 g/mol. The average molecular weight is 589 g/mol. The first-order chi connectivity index (χ1) is 20.6. The van der Waals surface area contributed by atoms with Gasteiger partial charge in [0.15, 0.2) is 6.10 Å². The molecule has 1 atom stereocenters. The number of allylic oxidation sites excluding steroid dienone is 8. The van der Waals surface area contributed by atoms with Crippen molar-refractivity contribution in [2.45, 2.75) is 161 Å². The number of aliphatic hydroxyl groups is 1. The predicted molar refractivity (Wildman–Crippen MR) is 177 cm³/mol. The van der Waals surface area contributed by atoms with Gasteiger partial charge < -0.3 is 14.6 Å². The topological polar surface area (TPSA) is 72.8 Å². The summed E-state index contributed by atoms with van der Waals surface area (Å²) in [6.07, 6.45) is 40.2. The lowest BCUT2D eigenvalue weighted by Gasteiger charge is -2.15. The van der Waals surface area contributed by atoms with Gasteiger partial charge in [0, 0.05) is 12.8 Å². The molecule has 0 spiro atoms. The SMILES string of the molecule is CCCCC/C=C\C/C=C\C/C=C\CCCCC(=O)O[C@@H](CO)COC(=O)CCCCCCC/C=C\CCCCCC. The molecule has 0 aromatic rings. The van der Waals surface area contributed by atoms with E-state index < -0.39 is 6.10 Å². The van der Waals surface area contributed by atoms with E-state index in [1.807, 2.05) is 0 Å². The van der Waals surface area contributed by atoms with Crippen LogP contribution in [0.2, 0.25) is 0 Å². The molecule has 0 aliphatic rings. The number of rotatable bonds is 30. The van der Waals surface area contributed by atoms with Crippen LogP contribution in [0.15, 0.2) is 48.6 Å². The maximum Gasteiger partial charge on any atom is 0.306 e. The molecule has 0 amide bonds. The van der Waals surface area contributed by atoms with Crippen LogP contribution in [0.3, 0.4) is 0 Å². The summed E-state index contributed by atoms with van der Waals surface area (Å²) in [5.41, 5.74) is 0. The second kappa shape index (κ2) is 33.4. The first-order valence-corrected chi connectivity index (χ1v) is 17.2. The van der Waals surface area contributed by atoms with Crippen molar-refractivity contribution in [1.29, 1.82) is 0 Å². The summed E-state index contributed by atoms with van der Waals surface area (Å²) in [5, 5.41) is 9.50. The molecule has 1 N–H and O–H groups in total. The average Bonchev–Trinajstić information content (AvgIpc) is 2.99. The molecule has 0 unspecified atom stereocenters. The number of esters is 2. The van der Waals surface area contributed by atoms with Gasteiger partial charge in [0.25, 0.3) is 0 Å². The Bertz CT molecular complexity index is 722. The second-order valence-electron chi connectivity index (χ2n) is 11.2. The Kier molecular flexibility index (Phi) is 31.7. The molecule has 0 saturated heterocycles. The number of carbonyl (C=O) groups excluding carboxylic acids is 2. The number of hydrogen-bond donors (Lipinski definition) is 1. The number of carbonyl (C=O) groups is 2. The first-order valence-electron chi connectivity index (χ1n) is 17.2. The van der Waals surface area contributed by atoms with E-state index in [0.717, 1.165) is 57.8 Å². The molecule has 0 aliphatic heterocycles. The van der Waals surface area contributed by atoms with Crippen molar-refractivity contribution < 1.29 is 24.2 Å². The Hall–Kier alpha value is -2.14. The Balaban J connectivity index is 3.69. The van der Waals surface area contributed by atoms with Crippen molar-refractivity contribution in [3.8, 4) is 0 Å². The number of aliphatic hydroxyl groups excluding tert-OH is 1. The second-order valence-corrected chi connectivity index (χ2v) is 11.2. The molecule has 242 valence electrons. The van der Waals surface area contributed by atoms with Gasteiger partial charge in [0.05, 0.1) is 6.61 Å². The van der Waals surface area contributed by atoms with Crippen LogP contribution < -0.4 is 0 Å². The van der Waals surface area contributed by atoms with Crippen LogP contribution in [-0.2, 0) is 19.1 Å². The van der Waals surface area contributed by atoms with E-state index in [2.05, 4.69) is 62.5 Å². The highest BCUT2D eigenvalue weighted by atomic mass is 16.6. The zero-order valence-electron chi connectivity index (χ0n) is 27.2. The number of unbranched alkanes of at least 4 members (excludes halogenated alkanes) is 14. The van der Waals surface area contributed by atoms with E-state index in [0.29, 0.717) is 12.8 Å². The maximum absolute atomic E-state index is 12.1. The van der Waals surface area contributed by atoms with Gasteiger partial charge in [-0.15, -0.1) is 0 Å². The Morgan fingerprint density at radius 2 is 0.952 bits per heavy atom. The molecule has 5 heteroatoms. The van der Waals surface area contributed by atoms with E-state index in [4.69, 9.17) is 9.47 Å². The standard InChI is InChI=1S/C37H64O5/c1-3-5-7-9-11-13-15-17-18-20-22-24-26-28-30-32-37(40)42-35(33-38)34-41-36(39)31-29-27-25-23-21-19-16-14-12-10-8-6-4-2/h11,13-14,16-18,22,24,35,38H,3-10,12,15,19-21,23,25-34H2,1-2H3/b13-11-,16-14-,18-17-,24-22-/t35-/m0/s1. The van der Waals surface area contributed by atoms with Crippen LogP contribution in [-0.4, -0.2) is 36.4 Å². The van der Waals surface area contributed by atoms with Crippen molar-refractivity contribution in [3.63, 3.8) is 0 Å². The Morgan fingerprint density at radius 3 is 1.55 bits per heavy atom. The molecular formula is C37H64O5. The number of ether oxygens (including phenoxy) is 2. The molecule has 0 fully saturated rings. The van der Waals surface area contributed by atoms with Gasteiger partial charge in [-0.2, -0.15) is 0 Å². The minimum Gasteiger partial charge on any atom is -0.462 e. The van der Waals surface area contributed by atoms with E-state index >= 15 is 0 Å². The minimum atomic E-state index is -0.793. The highest BCUT2D eigenvalue weighted by molar-refractivity contribution is 5.70. The lowest BCUT2D eigenvalue weighted by atomic mass is 10.1. The van der Waals surface area contributed by atoms with Crippen LogP contribution >= 0.6 is 0 Å². The fraction of sp³-hybridized carbons (Fsp3) is 0.730. The Morgan fingerprint density at radius 1 is 0.548 bits per heavy atom. The molecule has 0 bridgehead atoms. The van der Waals surface area contributed by atoms with Gasteiger partial charge in [-0.3, -0.25) is 9.59 Å². The van der Waals surface area contributed by atoms with E-state index in [9.17, 15) is 14.7 Å². The fourth-order valence-corrected chi connectivity index (χ4v) is 4.43. The summed E-state index contributed by atoms with van der Waals surface area (Å²) < 4.78 is 10.5. The highest BCUT2D eigenvalue weighted by Gasteiger charge is 2.16. The fourth-order valence-electron chi connectivity index (χ4n) is 4.43. The van der Waals surface area contributed by atoms with Gasteiger partial charge >= 0.3 is 11.9 Å². The van der Waals surface area contributed by atoms with E-state index in [1.165, 1.54) is 70.6 Å². The molecule has 42 heavy (non-hydrogen) atoms. The minimum absolute atomic E-state index is 0.0866. The van der Waals surface area contributed by atoms with Gasteiger partial charge in [0.2, 0.25) is 0 Å². The lowest BCUT2D eigenvalue weighted by Crippen LogP contribution is -2.28. The van der Waals surface area contributed by atoms with Crippen molar-refractivity contribution in [1.82, 2.24) is 0 Å². The van der Waals surface area contributed by atoms with Crippen molar-refractivity contribution in [3.05, 3.63) is 48.6 Å². The molecule has 5 nitrogen and oxygen atoms in total. The summed E-state index contributed by atoms with van der Waals surface area (Å²) >= 11 is 0. The molecule has 0 heterocycles. The normalized spacial score (nSPS) is 12.7. The van der Waals surface area contributed by atoms with Crippen LogP contribution in [0, 0.1) is 0 Å². The van der Waals surface area contributed by atoms with E-state index in [1.54, 1.807) is 0 Å². The van der Waals surface area contributed by atoms with Crippen molar-refractivity contribution >= 4 is 11.9 Å². The van der Waals surface area contributed by atoms with Crippen LogP contribution in [0.4, 0.5) is 0 Å². The third kappa shape index (κ3) is 30.8. The molecule has 0 radical (unpaired) electrons. The summed E-state index contributed by atoms with van der Waals surface area (Å²) in [4.78, 5) is 24.1. The maximum atomic E-state index is 12.1. The molecular weight excluding hydrogens is 524 g/mol. The van der Waals surface area contributed by atoms with Crippen LogP contribution in [0.25, 0.3) is 0 Å². The van der Waals surface area contributed by atoms with Gasteiger partial charge in [-0.05, 0) is 77.0 Å². The zero-order chi connectivity index (χ0) is 30.8. The Labute approximate surface area is 258 Å². The summed E-state index contributed by atoms with van der Waals surface area (Å²) in [7, 11) is 0. The van der Waals surface area contributed by atoms with Gasteiger partial charge in [-0.25, -0.2) is 0 Å². The third-order valence-electron chi connectivity index (χ3n) is 7.10. The van der Waals surface area contributed by atoms with Crippen LogP contribution in [0.1, 0.15) is 155 Å². The number of hydrogen-bond acceptors (Lipinski definition) is 5. The molecule has 0 aromatic heterocycles. The van der Waals surface area contributed by atoms with Crippen molar-refractivity contribution in [2.24, 2.45) is 0 Å². The smallest absolute Gasteiger partial charge is 0.306 e. The van der Waals surface area contributed by atoms with E-state index in [-0.39, 0.29) is 25.2 Å². The van der Waals surface area contributed by atoms with Gasteiger partial charge in [0.1, 0.15) is 6.61 Å². The molecule has 0 aromatic carbocycles. The predicted octanol–water partition coefficient (Wildman–Crippen LogP) is 10.3. The largest absolute Gasteiger partial charge is 0.462 e. The van der Waals surface area contributed by atoms with Crippen LogP contribution in [0.5, 0.6) is 0 Å². The van der Waals surface area contributed by atoms with Crippen molar-refractivity contribution in [2.75, 3.05) is 13.2 Å². The third-order valence-corrected chi connectivity index (χ3v) is 7.10. The highest BCUT2D eigenvalue weighted by Crippen LogP contribution is 2.10. The summed E-state index contributed by atoms with van der Waals surface area (Å²) in [6.45, 7) is 4.03. The molecule has 0 saturated carbocycles. The summed E-state index contributed by atoms with van der Waals surface area (Å²) in [6, 6.07) is 0.